The number of benzene rings is 2. The highest BCUT2D eigenvalue weighted by Crippen LogP contribution is 2.35. The van der Waals surface area contributed by atoms with Crippen molar-refractivity contribution < 1.29 is 22.7 Å². The monoisotopic (exact) mass is 402 g/mol. The van der Waals surface area contributed by atoms with Crippen molar-refractivity contribution in [3.05, 3.63) is 64.8 Å². The number of hydrogen-bond acceptors (Lipinski definition) is 4. The van der Waals surface area contributed by atoms with Crippen LogP contribution in [0.4, 0.5) is 24.9 Å². The topological polar surface area (TPSA) is 58.3 Å². The first-order valence-electron chi connectivity index (χ1n) is 9.58. The summed E-state index contributed by atoms with van der Waals surface area (Å²) in [5.74, 6) is 0.452. The van der Waals surface area contributed by atoms with Gasteiger partial charge < -0.3 is 14.8 Å². The van der Waals surface area contributed by atoms with Gasteiger partial charge in [-0.3, -0.25) is 0 Å². The zero-order valence-electron chi connectivity index (χ0n) is 15.9. The normalized spacial score (nSPS) is 16.5. The van der Waals surface area contributed by atoms with E-state index in [1.165, 1.54) is 17.7 Å². The molecule has 0 fully saturated rings. The maximum atomic E-state index is 12.8. The Kier molecular flexibility index (Phi) is 5.08. The number of fused-ring (bicyclic) bond motifs is 1. The van der Waals surface area contributed by atoms with Gasteiger partial charge in [-0.15, -0.1) is 0 Å². The lowest BCUT2D eigenvalue weighted by atomic mass is 9.88. The largest absolute Gasteiger partial charge is 0.423 e. The number of aryl methyl sites for hydroxylation is 2. The van der Waals surface area contributed by atoms with Crippen LogP contribution in [0, 0.1) is 0 Å². The average molecular weight is 402 g/mol. The summed E-state index contributed by atoms with van der Waals surface area (Å²) in [4.78, 5) is 4.48. The van der Waals surface area contributed by atoms with Crippen LogP contribution in [0.2, 0.25) is 0 Å². The van der Waals surface area contributed by atoms with Crippen LogP contribution < -0.4 is 5.32 Å². The van der Waals surface area contributed by atoms with E-state index in [1.807, 2.05) is 25.1 Å². The Bertz CT molecular complexity index is 1010. The lowest BCUT2D eigenvalue weighted by Gasteiger charge is -2.23. The first-order chi connectivity index (χ1) is 13.8. The summed E-state index contributed by atoms with van der Waals surface area (Å²) in [7, 11) is 0. The number of hydrogen-bond donors (Lipinski definition) is 2. The van der Waals surface area contributed by atoms with Gasteiger partial charge in [0.25, 0.3) is 6.01 Å². The molecule has 152 valence electrons. The molecule has 2 N–H and O–H groups in total. The number of aliphatic hydroxyl groups excluding tert-OH is 1. The van der Waals surface area contributed by atoms with Crippen LogP contribution in [0.3, 0.4) is 0 Å². The van der Waals surface area contributed by atoms with Crippen LogP contribution in [-0.2, 0) is 25.4 Å². The fraction of sp³-hybridized carbons (Fsp3) is 0.318. The Balaban J connectivity index is 1.64. The number of oxazole rings is 1. The van der Waals surface area contributed by atoms with Gasteiger partial charge in [-0.05, 0) is 48.6 Å². The molecule has 0 radical (unpaired) electrons. The molecule has 1 aliphatic rings. The predicted octanol–water partition coefficient (Wildman–Crippen LogP) is 5.52. The molecule has 1 atom stereocenters. The minimum atomic E-state index is -4.38. The minimum absolute atomic E-state index is 0.283. The van der Waals surface area contributed by atoms with E-state index in [2.05, 4.69) is 10.3 Å². The predicted molar refractivity (Wildman–Crippen MR) is 104 cm³/mol. The second-order valence-electron chi connectivity index (χ2n) is 7.19. The van der Waals surface area contributed by atoms with Crippen LogP contribution in [0.25, 0.3) is 11.3 Å². The van der Waals surface area contributed by atoms with Gasteiger partial charge in [0.15, 0.2) is 5.76 Å². The standard InChI is InChI=1S/C22H21F3N2O2/c1-2-18-20(14-6-9-15(10-7-14)22(23,24)25)29-21(26-18)27-19-5-3-4-13-8-11-16(28)12-17(13)19/h3-7,9-10,16,28H,2,8,11-12H2,1H3,(H,26,27)/t16-/m1/s1. The Hall–Kier alpha value is -2.80. The van der Waals surface area contributed by atoms with Gasteiger partial charge in [-0.2, -0.15) is 18.2 Å². The van der Waals surface area contributed by atoms with Crippen LogP contribution in [0.15, 0.2) is 46.9 Å². The van der Waals surface area contributed by atoms with Gasteiger partial charge in [0.1, 0.15) is 0 Å². The summed E-state index contributed by atoms with van der Waals surface area (Å²) >= 11 is 0. The van der Waals surface area contributed by atoms with E-state index in [9.17, 15) is 18.3 Å². The summed E-state index contributed by atoms with van der Waals surface area (Å²) in [6.07, 6.45) is -2.05. The second-order valence-corrected chi connectivity index (χ2v) is 7.19. The van der Waals surface area contributed by atoms with Gasteiger partial charge in [0.2, 0.25) is 0 Å². The number of rotatable bonds is 4. The fourth-order valence-electron chi connectivity index (χ4n) is 3.68. The summed E-state index contributed by atoms with van der Waals surface area (Å²) in [5.41, 5.74) is 3.55. The van der Waals surface area contributed by atoms with E-state index in [0.717, 1.165) is 36.2 Å². The van der Waals surface area contributed by atoms with Gasteiger partial charge >= 0.3 is 6.18 Å². The van der Waals surface area contributed by atoms with Crippen molar-refractivity contribution in [1.82, 2.24) is 4.98 Å². The van der Waals surface area contributed by atoms with Gasteiger partial charge in [-0.25, -0.2) is 0 Å². The van der Waals surface area contributed by atoms with Crippen molar-refractivity contribution in [1.29, 1.82) is 0 Å². The average Bonchev–Trinajstić information content (AvgIpc) is 3.11. The van der Waals surface area contributed by atoms with Crippen molar-refractivity contribution in [3.8, 4) is 11.3 Å². The first kappa shape index (κ1) is 19.5. The van der Waals surface area contributed by atoms with Crippen molar-refractivity contribution in [2.24, 2.45) is 0 Å². The Labute approximate surface area is 166 Å². The third kappa shape index (κ3) is 4.00. The fourth-order valence-corrected chi connectivity index (χ4v) is 3.68. The Morgan fingerprint density at radius 3 is 2.62 bits per heavy atom. The molecule has 1 aromatic heterocycles. The SMILES string of the molecule is CCc1nc(Nc2cccc3c2C[C@H](O)CC3)oc1-c1ccc(C(F)(F)F)cc1. The summed E-state index contributed by atoms with van der Waals surface area (Å²) in [5, 5.41) is 13.2. The molecule has 1 heterocycles. The lowest BCUT2D eigenvalue weighted by Crippen LogP contribution is -2.19. The molecule has 0 aliphatic heterocycles. The molecule has 1 aliphatic carbocycles. The highest BCUT2D eigenvalue weighted by Gasteiger charge is 2.30. The maximum absolute atomic E-state index is 12.8. The van der Waals surface area contributed by atoms with Gasteiger partial charge in [-0.1, -0.05) is 31.2 Å². The van der Waals surface area contributed by atoms with E-state index < -0.39 is 11.7 Å². The Morgan fingerprint density at radius 2 is 1.93 bits per heavy atom. The molecule has 4 nitrogen and oxygen atoms in total. The Morgan fingerprint density at radius 1 is 1.17 bits per heavy atom. The van der Waals surface area contributed by atoms with Crippen LogP contribution in [0.5, 0.6) is 0 Å². The molecule has 0 unspecified atom stereocenters. The summed E-state index contributed by atoms with van der Waals surface area (Å²) in [6.45, 7) is 1.91. The first-order valence-corrected chi connectivity index (χ1v) is 9.58. The molecule has 4 rings (SSSR count). The molecule has 7 heteroatoms. The molecule has 0 saturated heterocycles. The quantitative estimate of drug-likeness (QED) is 0.604. The highest BCUT2D eigenvalue weighted by atomic mass is 19.4. The van der Waals surface area contributed by atoms with Crippen LogP contribution in [-0.4, -0.2) is 16.2 Å². The zero-order chi connectivity index (χ0) is 20.6. The number of halogens is 3. The molecule has 0 bridgehead atoms. The minimum Gasteiger partial charge on any atom is -0.423 e. The number of nitrogens with zero attached hydrogens (tertiary/aromatic N) is 1. The van der Waals surface area contributed by atoms with Crippen molar-refractivity contribution >= 4 is 11.7 Å². The maximum Gasteiger partial charge on any atom is 0.416 e. The van der Waals surface area contributed by atoms with Crippen molar-refractivity contribution in [3.63, 3.8) is 0 Å². The summed E-state index contributed by atoms with van der Waals surface area (Å²) < 4.78 is 44.3. The smallest absolute Gasteiger partial charge is 0.416 e. The number of aliphatic hydroxyl groups is 1. The molecule has 2 aromatic carbocycles. The van der Waals surface area contributed by atoms with Crippen molar-refractivity contribution in [2.45, 2.75) is 44.9 Å². The molecular formula is C22H21F3N2O2. The summed E-state index contributed by atoms with van der Waals surface area (Å²) in [6, 6.07) is 11.1. The molecule has 0 saturated carbocycles. The van der Waals surface area contributed by atoms with Gasteiger partial charge in [0, 0.05) is 17.7 Å². The highest BCUT2D eigenvalue weighted by molar-refractivity contribution is 5.65. The number of aromatic nitrogens is 1. The van der Waals surface area contributed by atoms with E-state index in [1.54, 1.807) is 0 Å². The van der Waals surface area contributed by atoms with Crippen molar-refractivity contribution in [2.75, 3.05) is 5.32 Å². The van der Waals surface area contributed by atoms with Crippen LogP contribution in [0.1, 0.15) is 35.7 Å². The lowest BCUT2D eigenvalue weighted by molar-refractivity contribution is -0.137. The zero-order valence-corrected chi connectivity index (χ0v) is 15.9. The van der Waals surface area contributed by atoms with E-state index in [-0.39, 0.29) is 12.1 Å². The molecular weight excluding hydrogens is 381 g/mol. The second kappa shape index (κ2) is 7.55. The van der Waals surface area contributed by atoms with E-state index >= 15 is 0 Å². The third-order valence-electron chi connectivity index (χ3n) is 5.21. The molecule has 0 spiro atoms. The molecule has 0 amide bonds. The number of alkyl halides is 3. The van der Waals surface area contributed by atoms with Crippen LogP contribution >= 0.6 is 0 Å². The molecule has 29 heavy (non-hydrogen) atoms. The van der Waals surface area contributed by atoms with E-state index in [0.29, 0.717) is 29.9 Å². The van der Waals surface area contributed by atoms with Gasteiger partial charge in [0.05, 0.1) is 17.4 Å². The van der Waals surface area contributed by atoms with E-state index in [4.69, 9.17) is 4.42 Å². The number of nitrogens with one attached hydrogen (secondary N) is 1. The molecule has 3 aromatic rings. The third-order valence-corrected chi connectivity index (χ3v) is 5.21. The number of anilines is 2.